The Morgan fingerprint density at radius 3 is 0.583 bits per heavy atom. The summed E-state index contributed by atoms with van der Waals surface area (Å²) in [6, 6.07) is 39.9. The van der Waals surface area contributed by atoms with Crippen LogP contribution in [0.25, 0.3) is 44.5 Å². The highest BCUT2D eigenvalue weighted by Crippen LogP contribution is 2.40. The maximum Gasteiger partial charge on any atom is 0.341 e. The molecule has 0 fully saturated rings. The third-order valence-electron chi connectivity index (χ3n) is 13.5. The second-order valence-electron chi connectivity index (χ2n) is 19.4. The predicted molar refractivity (Wildman–Crippen MR) is 301 cm³/mol. The lowest BCUT2D eigenvalue weighted by Gasteiger charge is -2.18. The Labute approximate surface area is 478 Å². The number of phenols is 2. The molecule has 0 radical (unpaired) electrons. The van der Waals surface area contributed by atoms with Gasteiger partial charge in [0.05, 0.1) is 0 Å². The molecule has 0 amide bonds. The molecule has 0 aliphatic heterocycles. The minimum atomic E-state index is -1.26. The quantitative estimate of drug-likeness (QED) is 0.0397. The first kappa shape index (κ1) is 57.7. The van der Waals surface area contributed by atoms with Crippen molar-refractivity contribution in [3.05, 3.63) is 190 Å². The van der Waals surface area contributed by atoms with Gasteiger partial charge in [-0.3, -0.25) is 0 Å². The summed E-state index contributed by atoms with van der Waals surface area (Å²) in [6.45, 7) is -4.26. The second kappa shape index (κ2) is 25.6. The number of fused-ring (bicyclic) bond motifs is 20. The van der Waals surface area contributed by atoms with Crippen molar-refractivity contribution in [3.8, 4) is 90.5 Å². The smallest absolute Gasteiger partial charge is 0.341 e. The van der Waals surface area contributed by atoms with Gasteiger partial charge in [-0.2, -0.15) is 0 Å². The van der Waals surface area contributed by atoms with Crippen LogP contribution in [0.1, 0.15) is 44.5 Å². The van der Waals surface area contributed by atoms with E-state index >= 15 is 0 Å². The molecule has 0 unspecified atom stereocenters. The summed E-state index contributed by atoms with van der Waals surface area (Å²) < 4.78 is 34.8. The van der Waals surface area contributed by atoms with E-state index in [0.717, 1.165) is 0 Å². The monoisotopic (exact) mass is 1140 g/mol. The van der Waals surface area contributed by atoms with Gasteiger partial charge in [0.15, 0.2) is 39.6 Å². The molecule has 84 heavy (non-hydrogen) atoms. The molecule has 8 N–H and O–H groups in total. The molecular weight excluding hydrogens is 1090 g/mol. The summed E-state index contributed by atoms with van der Waals surface area (Å²) in [5, 5.41) is 80.9. The number of benzene rings is 8. The number of carboxylic acids is 6. The van der Waals surface area contributed by atoms with Crippen LogP contribution in [0.4, 0.5) is 0 Å². The zero-order valence-corrected chi connectivity index (χ0v) is 44.4. The summed E-state index contributed by atoms with van der Waals surface area (Å²) >= 11 is 0. The highest BCUT2D eigenvalue weighted by molar-refractivity contribution is 5.76. The summed E-state index contributed by atoms with van der Waals surface area (Å²) in [7, 11) is 0. The van der Waals surface area contributed by atoms with Crippen LogP contribution in [-0.4, -0.2) is 116 Å². The van der Waals surface area contributed by atoms with E-state index in [1.807, 2.05) is 0 Å². The van der Waals surface area contributed by atoms with Crippen molar-refractivity contribution in [1.29, 1.82) is 0 Å². The van der Waals surface area contributed by atoms with Gasteiger partial charge in [0, 0.05) is 25.7 Å². The van der Waals surface area contributed by atoms with Crippen molar-refractivity contribution >= 4 is 35.8 Å². The molecule has 9 rings (SSSR count). The van der Waals surface area contributed by atoms with Crippen LogP contribution in [-0.2, 0) is 54.5 Å². The number of ether oxygens (including phenoxy) is 6. The van der Waals surface area contributed by atoms with E-state index in [0.29, 0.717) is 89.0 Å². The molecule has 0 atom stereocenters. The van der Waals surface area contributed by atoms with E-state index in [1.54, 1.807) is 133 Å². The Morgan fingerprint density at radius 2 is 0.405 bits per heavy atom. The third-order valence-corrected chi connectivity index (χ3v) is 13.5. The maximum absolute atomic E-state index is 11.9. The first-order valence-corrected chi connectivity index (χ1v) is 25.8. The lowest BCUT2D eigenvalue weighted by molar-refractivity contribution is -0.140. The lowest BCUT2D eigenvalue weighted by Crippen LogP contribution is -2.12. The average Bonchev–Trinajstić information content (AvgIpc) is 2.03. The Bertz CT molecular complexity index is 3630. The fraction of sp³-hybridized carbons (Fsp3) is 0.156. The summed E-state index contributed by atoms with van der Waals surface area (Å²) in [4.78, 5) is 71.2. The molecule has 0 spiro atoms. The minimum Gasteiger partial charge on any atom is -0.508 e. The van der Waals surface area contributed by atoms with Gasteiger partial charge in [0.1, 0.15) is 46.0 Å². The second-order valence-corrected chi connectivity index (χ2v) is 19.4. The van der Waals surface area contributed by atoms with Gasteiger partial charge in [0.2, 0.25) is 0 Å². The standard InChI is InChI=1S/C64H52O20/c65-51-9-1-35-17-43(51)25-45-19-37(3-11-53(45)79-29-59(67)68)39-5-13-55(81-31-61(71)72)47(21-39)27-49-23-41(7-15-57(49)83-33-63(75)76)42-8-16-58(84-34-64(77)78)50(24-42)28-48-22-40(6-14-56(48)82-32-62(73)74)38-4-12-54(80-30-60(69)70)46(20-38)26-44-18-36(35)2-10-52(44)66/h1-24,65-66H,25-34H2,(H,67,68)(H,69,70)(H,71,72)(H,73,74)(H,75,76)(H,77,78). The van der Waals surface area contributed by atoms with E-state index in [1.165, 1.54) is 12.1 Å². The van der Waals surface area contributed by atoms with Crippen LogP contribution < -0.4 is 28.4 Å². The molecule has 0 aromatic heterocycles. The van der Waals surface area contributed by atoms with Crippen LogP contribution in [0.5, 0.6) is 46.0 Å². The Balaban J connectivity index is 1.27. The molecule has 0 saturated carbocycles. The molecule has 1 aliphatic carbocycles. The fourth-order valence-electron chi connectivity index (χ4n) is 9.70. The molecular formula is C64H52O20. The molecule has 16 bridgehead atoms. The lowest BCUT2D eigenvalue weighted by atomic mass is 9.91. The van der Waals surface area contributed by atoms with Crippen molar-refractivity contribution in [2.24, 2.45) is 0 Å². The maximum atomic E-state index is 11.9. The Kier molecular flexibility index (Phi) is 17.6. The van der Waals surface area contributed by atoms with Crippen molar-refractivity contribution in [2.75, 3.05) is 39.6 Å². The van der Waals surface area contributed by atoms with Crippen molar-refractivity contribution in [3.63, 3.8) is 0 Å². The number of rotatable bonds is 18. The number of carbonyl (C=O) groups is 6. The molecule has 428 valence electrons. The van der Waals surface area contributed by atoms with Gasteiger partial charge in [-0.15, -0.1) is 0 Å². The fourth-order valence-corrected chi connectivity index (χ4v) is 9.70. The van der Waals surface area contributed by atoms with E-state index in [9.17, 15) is 69.6 Å². The number of hydrogen-bond acceptors (Lipinski definition) is 14. The van der Waals surface area contributed by atoms with E-state index in [-0.39, 0.29) is 71.7 Å². The third kappa shape index (κ3) is 14.5. The minimum absolute atomic E-state index is 0.0109. The predicted octanol–water partition coefficient (Wildman–Crippen LogP) is 9.22. The van der Waals surface area contributed by atoms with Crippen LogP contribution in [0.3, 0.4) is 0 Å². The zero-order chi connectivity index (χ0) is 59.6. The van der Waals surface area contributed by atoms with Gasteiger partial charge in [0.25, 0.3) is 0 Å². The van der Waals surface area contributed by atoms with Crippen molar-refractivity contribution in [1.82, 2.24) is 0 Å². The highest BCUT2D eigenvalue weighted by atomic mass is 16.5. The molecule has 8 aromatic carbocycles. The van der Waals surface area contributed by atoms with Crippen molar-refractivity contribution < 1.29 is 98.0 Å². The topological polar surface area (TPSA) is 320 Å². The molecule has 20 heteroatoms. The van der Waals surface area contributed by atoms with E-state index in [4.69, 9.17) is 28.4 Å². The van der Waals surface area contributed by atoms with Gasteiger partial charge >= 0.3 is 35.8 Å². The molecule has 1 aliphatic rings. The molecule has 0 saturated heterocycles. The molecule has 0 heterocycles. The first-order valence-electron chi connectivity index (χ1n) is 25.8. The summed E-state index contributed by atoms with van der Waals surface area (Å²) in [5.41, 5.74) is 8.10. The van der Waals surface area contributed by atoms with Crippen LogP contribution >= 0.6 is 0 Å². The Hall–Kier alpha value is -11.0. The van der Waals surface area contributed by atoms with Crippen LogP contribution in [0.2, 0.25) is 0 Å². The van der Waals surface area contributed by atoms with Crippen molar-refractivity contribution in [2.45, 2.75) is 25.7 Å². The number of aliphatic carboxylic acids is 6. The summed E-state index contributed by atoms with van der Waals surface area (Å²) in [6.07, 6.45) is -0.0417. The summed E-state index contributed by atoms with van der Waals surface area (Å²) in [5.74, 6) is -6.66. The average molecular weight is 1140 g/mol. The van der Waals surface area contributed by atoms with Gasteiger partial charge < -0.3 is 69.3 Å². The number of carboxylic acid groups (broad SMARTS) is 6. The van der Waals surface area contributed by atoms with E-state index < -0.39 is 75.5 Å². The number of hydrogen-bond donors (Lipinski definition) is 8. The normalized spacial score (nSPS) is 11.6. The largest absolute Gasteiger partial charge is 0.508 e. The molecule has 8 aromatic rings. The zero-order valence-electron chi connectivity index (χ0n) is 44.4. The number of phenolic OH excluding ortho intramolecular Hbond substituents is 2. The van der Waals surface area contributed by atoms with Gasteiger partial charge in [-0.1, -0.05) is 48.5 Å². The van der Waals surface area contributed by atoms with Crippen LogP contribution in [0, 0.1) is 0 Å². The Morgan fingerprint density at radius 1 is 0.250 bits per heavy atom. The van der Waals surface area contributed by atoms with Crippen LogP contribution in [0.15, 0.2) is 146 Å². The van der Waals surface area contributed by atoms with Gasteiger partial charge in [-0.25, -0.2) is 28.8 Å². The highest BCUT2D eigenvalue weighted by Gasteiger charge is 2.21. The first-order chi connectivity index (χ1) is 40.3. The molecule has 20 nitrogen and oxygen atoms in total. The number of aromatic hydroxyl groups is 2. The van der Waals surface area contributed by atoms with Gasteiger partial charge in [-0.05, 0) is 186 Å². The van der Waals surface area contributed by atoms with E-state index in [2.05, 4.69) is 0 Å². The SMILES string of the molecule is O=C(O)COc1ccc2cc1Cc1cc(ccc1O)-c1ccc(O)c(c1)Cc1cc(ccc1OCC(=O)O)-c1ccc(OCC(=O)O)c(c1)Cc1cc(ccc1OCC(=O)O)-c1ccc(OCC(=O)O)c(c1)Cc1cc-2ccc1OCC(=O)O.